The number of aromatic nitrogens is 2. The quantitative estimate of drug-likeness (QED) is 0.579. The summed E-state index contributed by atoms with van der Waals surface area (Å²) in [6, 6.07) is 5.05. The van der Waals surface area contributed by atoms with Crippen molar-refractivity contribution in [1.29, 1.82) is 0 Å². The molecule has 4 nitrogen and oxygen atoms in total. The molecule has 0 radical (unpaired) electrons. The van der Waals surface area contributed by atoms with E-state index in [2.05, 4.69) is 5.10 Å². The number of alkyl halides is 3. The molecule has 1 saturated heterocycles. The average Bonchev–Trinajstić information content (AvgIpc) is 2.87. The third kappa shape index (κ3) is 4.85. The van der Waals surface area contributed by atoms with Crippen molar-refractivity contribution in [3.05, 3.63) is 39.6 Å². The van der Waals surface area contributed by atoms with Crippen LogP contribution in [0.15, 0.2) is 23.1 Å². The summed E-state index contributed by atoms with van der Waals surface area (Å²) in [5.41, 5.74) is -0.336. The van der Waals surface area contributed by atoms with E-state index in [-0.39, 0.29) is 11.0 Å². The van der Waals surface area contributed by atoms with Gasteiger partial charge in [0, 0.05) is 25.2 Å². The van der Waals surface area contributed by atoms with E-state index in [0.29, 0.717) is 47.4 Å². The van der Waals surface area contributed by atoms with E-state index in [1.54, 1.807) is 25.1 Å². The lowest BCUT2D eigenvalue weighted by atomic mass is 10.1. The minimum atomic E-state index is -4.47. The van der Waals surface area contributed by atoms with Crippen molar-refractivity contribution in [2.45, 2.75) is 36.9 Å². The molecule has 3 rings (SSSR count). The fourth-order valence-electron chi connectivity index (χ4n) is 2.80. The Hall–Kier alpha value is -1.09. The fraction of sp³-hybridized carbons (Fsp3) is 0.471. The summed E-state index contributed by atoms with van der Waals surface area (Å²) >= 11 is 13.1. The predicted molar refractivity (Wildman–Crippen MR) is 100 cm³/mol. The molecular weight excluding hydrogens is 422 g/mol. The van der Waals surface area contributed by atoms with Crippen molar-refractivity contribution < 1.29 is 17.9 Å². The molecule has 0 aliphatic carbocycles. The minimum absolute atomic E-state index is 0.0439. The van der Waals surface area contributed by atoms with E-state index in [0.717, 1.165) is 11.9 Å². The van der Waals surface area contributed by atoms with Gasteiger partial charge in [-0.15, -0.1) is 0 Å². The Morgan fingerprint density at radius 3 is 2.48 bits per heavy atom. The summed E-state index contributed by atoms with van der Waals surface area (Å²) in [4.78, 5) is 0.158. The molecule has 27 heavy (non-hydrogen) atoms. The van der Waals surface area contributed by atoms with E-state index >= 15 is 0 Å². The van der Waals surface area contributed by atoms with Crippen molar-refractivity contribution in [3.8, 4) is 5.75 Å². The Bertz CT molecular complexity index is 820. The first-order chi connectivity index (χ1) is 12.6. The van der Waals surface area contributed by atoms with Crippen LogP contribution in [0.4, 0.5) is 13.2 Å². The van der Waals surface area contributed by atoms with Gasteiger partial charge in [0.2, 0.25) is 0 Å². The molecule has 1 aliphatic heterocycles. The average molecular weight is 440 g/mol. The van der Waals surface area contributed by atoms with Crippen LogP contribution in [0.5, 0.6) is 5.75 Å². The maximum absolute atomic E-state index is 13.2. The third-order valence-corrected chi connectivity index (χ3v) is 6.18. The smallest absolute Gasteiger partial charge is 0.436 e. The van der Waals surface area contributed by atoms with E-state index < -0.39 is 11.9 Å². The summed E-state index contributed by atoms with van der Waals surface area (Å²) in [7, 11) is 1.52. The highest BCUT2D eigenvalue weighted by molar-refractivity contribution is 7.97. The van der Waals surface area contributed by atoms with Gasteiger partial charge in [0.25, 0.3) is 0 Å². The van der Waals surface area contributed by atoms with Crippen LogP contribution in [-0.2, 0) is 13.2 Å². The van der Waals surface area contributed by atoms with Gasteiger partial charge in [0.05, 0.1) is 15.6 Å². The molecule has 0 atom stereocenters. The maximum Gasteiger partial charge on any atom is 0.436 e. The highest BCUT2D eigenvalue weighted by Gasteiger charge is 2.39. The molecule has 1 aromatic carbocycles. The largest absolute Gasteiger partial charge is 0.489 e. The molecule has 0 N–H and O–H groups in total. The van der Waals surface area contributed by atoms with Gasteiger partial charge in [-0.05, 0) is 49.9 Å². The molecule has 1 fully saturated rings. The second-order valence-electron chi connectivity index (χ2n) is 6.30. The van der Waals surface area contributed by atoms with Crippen molar-refractivity contribution in [3.63, 3.8) is 0 Å². The summed E-state index contributed by atoms with van der Waals surface area (Å²) < 4.78 is 48.8. The van der Waals surface area contributed by atoms with E-state index in [9.17, 15) is 13.2 Å². The Balaban J connectivity index is 1.62. The lowest BCUT2D eigenvalue weighted by Crippen LogP contribution is -2.34. The van der Waals surface area contributed by atoms with E-state index in [1.165, 1.54) is 11.7 Å². The van der Waals surface area contributed by atoms with Crippen LogP contribution in [0.1, 0.15) is 24.2 Å². The maximum atomic E-state index is 13.2. The molecule has 2 aromatic rings. The number of halogens is 5. The van der Waals surface area contributed by atoms with Gasteiger partial charge in [-0.3, -0.25) is 4.68 Å². The molecule has 0 saturated carbocycles. The first-order valence-electron chi connectivity index (χ1n) is 8.30. The first kappa shape index (κ1) is 20.6. The second-order valence-corrected chi connectivity index (χ2v) is 8.25. The van der Waals surface area contributed by atoms with Crippen LogP contribution in [0, 0.1) is 6.92 Å². The third-order valence-electron chi connectivity index (χ3n) is 4.36. The first-order valence-corrected chi connectivity index (χ1v) is 9.83. The van der Waals surface area contributed by atoms with Crippen molar-refractivity contribution in [2.24, 2.45) is 7.05 Å². The number of aryl methyl sites for hydroxylation is 1. The Labute approximate surface area is 169 Å². The highest BCUT2D eigenvalue weighted by Crippen LogP contribution is 2.40. The van der Waals surface area contributed by atoms with Gasteiger partial charge < -0.3 is 4.74 Å². The van der Waals surface area contributed by atoms with E-state index in [1.807, 2.05) is 4.31 Å². The molecule has 2 heterocycles. The normalized spacial score (nSPS) is 16.7. The van der Waals surface area contributed by atoms with Gasteiger partial charge in [-0.1, -0.05) is 23.2 Å². The zero-order valence-electron chi connectivity index (χ0n) is 14.7. The number of benzene rings is 1. The van der Waals surface area contributed by atoms with Crippen molar-refractivity contribution >= 4 is 35.1 Å². The molecule has 1 aromatic heterocycles. The lowest BCUT2D eigenvalue weighted by molar-refractivity contribution is -0.143. The molecule has 0 amide bonds. The molecule has 1 aliphatic rings. The zero-order chi connectivity index (χ0) is 19.8. The topological polar surface area (TPSA) is 30.3 Å². The summed E-state index contributed by atoms with van der Waals surface area (Å²) in [6.07, 6.45) is -3.14. The SMILES string of the molecule is Cc1c(SN2CCC(Oc3ccc(Cl)cc3Cl)CC2)c(C(F)(F)F)nn1C. The standard InChI is InChI=1S/C17H18Cl2F3N3OS/c1-10-15(16(17(20,21)22)23-24(10)2)27-25-7-5-12(6-8-25)26-14-4-3-11(18)9-13(14)19/h3-4,9,12H,5-8H2,1-2H3. The zero-order valence-corrected chi connectivity index (χ0v) is 17.0. The fourth-order valence-corrected chi connectivity index (χ4v) is 4.42. The van der Waals surface area contributed by atoms with Crippen LogP contribution in [0.2, 0.25) is 10.0 Å². The molecule has 148 valence electrons. The minimum Gasteiger partial charge on any atom is -0.489 e. The van der Waals surface area contributed by atoms with Crippen LogP contribution in [0.3, 0.4) is 0 Å². The van der Waals surface area contributed by atoms with Crippen LogP contribution >= 0.6 is 35.1 Å². The number of hydrogen-bond acceptors (Lipinski definition) is 4. The van der Waals surface area contributed by atoms with Crippen LogP contribution < -0.4 is 4.74 Å². The Morgan fingerprint density at radius 1 is 1.22 bits per heavy atom. The number of ether oxygens (including phenoxy) is 1. The summed E-state index contributed by atoms with van der Waals surface area (Å²) in [5.74, 6) is 0.564. The second kappa shape index (κ2) is 8.11. The number of hydrogen-bond donors (Lipinski definition) is 0. The molecule has 0 spiro atoms. The predicted octanol–water partition coefficient (Wildman–Crippen LogP) is 5.60. The Kier molecular flexibility index (Phi) is 6.20. The van der Waals surface area contributed by atoms with Gasteiger partial charge in [0.1, 0.15) is 11.9 Å². The van der Waals surface area contributed by atoms with Crippen molar-refractivity contribution in [1.82, 2.24) is 14.1 Å². The van der Waals surface area contributed by atoms with Crippen LogP contribution in [0.25, 0.3) is 0 Å². The van der Waals surface area contributed by atoms with E-state index in [4.69, 9.17) is 27.9 Å². The number of nitrogens with zero attached hydrogens (tertiary/aromatic N) is 3. The van der Waals surface area contributed by atoms with Gasteiger partial charge >= 0.3 is 6.18 Å². The van der Waals surface area contributed by atoms with Crippen LogP contribution in [-0.4, -0.2) is 33.3 Å². The monoisotopic (exact) mass is 439 g/mol. The summed E-state index contributed by atoms with van der Waals surface area (Å²) in [5, 5.41) is 4.61. The molecular formula is C17H18Cl2F3N3OS. The molecule has 0 bridgehead atoms. The molecule has 0 unspecified atom stereocenters. The van der Waals surface area contributed by atoms with Gasteiger partial charge in [-0.2, -0.15) is 18.3 Å². The van der Waals surface area contributed by atoms with Gasteiger partial charge in [-0.25, -0.2) is 4.31 Å². The van der Waals surface area contributed by atoms with Crippen molar-refractivity contribution in [2.75, 3.05) is 13.1 Å². The highest BCUT2D eigenvalue weighted by atomic mass is 35.5. The molecule has 10 heteroatoms. The van der Waals surface area contributed by atoms with Gasteiger partial charge in [0.15, 0.2) is 5.69 Å². The number of piperidine rings is 1. The number of rotatable bonds is 4. The Morgan fingerprint density at radius 2 is 1.89 bits per heavy atom. The lowest BCUT2D eigenvalue weighted by Gasteiger charge is -2.31. The summed E-state index contributed by atoms with van der Waals surface area (Å²) in [6.45, 7) is 2.85.